The third-order valence-corrected chi connectivity index (χ3v) is 7.25. The number of carboxylic acid groups (broad SMARTS) is 1. The van der Waals surface area contributed by atoms with Gasteiger partial charge in [0.05, 0.1) is 18.9 Å². The van der Waals surface area contributed by atoms with Crippen LogP contribution in [-0.2, 0) is 32.1 Å². The zero-order chi connectivity index (χ0) is 28.9. The average Bonchev–Trinajstić information content (AvgIpc) is 3.16. The molecule has 0 radical (unpaired) electrons. The first kappa shape index (κ1) is 28.8. The van der Waals surface area contributed by atoms with Gasteiger partial charge in [-0.3, -0.25) is 14.4 Å². The van der Waals surface area contributed by atoms with E-state index in [1.54, 1.807) is 11.9 Å². The molecule has 212 valence electrons. The number of nitrogens with zero attached hydrogens (tertiary/aromatic N) is 3. The molecule has 40 heavy (non-hydrogen) atoms. The van der Waals surface area contributed by atoms with E-state index in [1.165, 1.54) is 18.9 Å². The minimum absolute atomic E-state index is 0.102. The fourth-order valence-corrected chi connectivity index (χ4v) is 5.14. The summed E-state index contributed by atoms with van der Waals surface area (Å²) in [4.78, 5) is 53.3. The van der Waals surface area contributed by atoms with E-state index < -0.39 is 34.9 Å². The SMILES string of the molecule is CN1N=C2CCN(C(=O)[C@@H](COCc3ccccc3)NC(=O)C(C)(C)NC(=O)O)C[C@@]2(Cc2ccccc2)C1=O. The van der Waals surface area contributed by atoms with E-state index in [1.807, 2.05) is 60.7 Å². The molecular formula is C29H35N5O6. The summed E-state index contributed by atoms with van der Waals surface area (Å²) in [5.74, 6) is -1.27. The van der Waals surface area contributed by atoms with Gasteiger partial charge in [0.25, 0.3) is 5.91 Å². The Kier molecular flexibility index (Phi) is 8.53. The summed E-state index contributed by atoms with van der Waals surface area (Å²) < 4.78 is 5.84. The quantitative estimate of drug-likeness (QED) is 0.414. The lowest BCUT2D eigenvalue weighted by molar-refractivity contribution is -0.144. The van der Waals surface area contributed by atoms with Gasteiger partial charge in [0, 0.05) is 26.6 Å². The molecular weight excluding hydrogens is 514 g/mol. The molecule has 0 aromatic heterocycles. The fourth-order valence-electron chi connectivity index (χ4n) is 5.14. The van der Waals surface area contributed by atoms with Crippen LogP contribution < -0.4 is 10.6 Å². The largest absolute Gasteiger partial charge is 0.465 e. The Bertz CT molecular complexity index is 1280. The van der Waals surface area contributed by atoms with Crippen molar-refractivity contribution in [1.29, 1.82) is 0 Å². The summed E-state index contributed by atoms with van der Waals surface area (Å²) in [6.45, 7) is 3.32. The maximum Gasteiger partial charge on any atom is 0.405 e. The summed E-state index contributed by atoms with van der Waals surface area (Å²) in [5, 5.41) is 19.8. The number of likely N-dealkylation sites (tertiary alicyclic amines) is 1. The monoisotopic (exact) mass is 549 g/mol. The van der Waals surface area contributed by atoms with Gasteiger partial charge in [-0.1, -0.05) is 60.7 Å². The molecule has 11 heteroatoms. The van der Waals surface area contributed by atoms with Gasteiger partial charge in [0.15, 0.2) is 0 Å². The third kappa shape index (κ3) is 6.31. The highest BCUT2D eigenvalue weighted by atomic mass is 16.5. The molecule has 0 unspecified atom stereocenters. The Hall–Kier alpha value is -4.25. The molecule has 2 aromatic carbocycles. The predicted molar refractivity (Wildman–Crippen MR) is 147 cm³/mol. The van der Waals surface area contributed by atoms with Gasteiger partial charge in [0.1, 0.15) is 17.0 Å². The number of benzene rings is 2. The summed E-state index contributed by atoms with van der Waals surface area (Å²) in [6, 6.07) is 17.9. The molecule has 2 aromatic rings. The second-order valence-corrected chi connectivity index (χ2v) is 10.7. The van der Waals surface area contributed by atoms with Crippen molar-refractivity contribution in [3.8, 4) is 0 Å². The number of carbonyl (C=O) groups excluding carboxylic acids is 3. The Morgan fingerprint density at radius 3 is 2.33 bits per heavy atom. The molecule has 2 aliphatic heterocycles. The number of fused-ring (bicyclic) bond motifs is 1. The van der Waals surface area contributed by atoms with E-state index in [0.29, 0.717) is 19.4 Å². The molecule has 1 saturated heterocycles. The highest BCUT2D eigenvalue weighted by Crippen LogP contribution is 2.38. The normalized spacial score (nSPS) is 19.5. The summed E-state index contributed by atoms with van der Waals surface area (Å²) in [6.07, 6.45) is -0.568. The standard InChI is InChI=1S/C29H35N5O6/c1-28(2,31-27(38)39)25(36)30-22(18-40-17-21-12-8-5-9-13-21)24(35)34-15-14-23-29(19-34,26(37)33(3)32-23)16-20-10-6-4-7-11-20/h4-13,22,31H,14-19H2,1-3H3,(H,30,36)(H,38,39)/t22-,29-/m1/s1. The molecule has 0 spiro atoms. The number of hydrazone groups is 1. The van der Waals surface area contributed by atoms with E-state index in [2.05, 4.69) is 15.7 Å². The van der Waals surface area contributed by atoms with Gasteiger partial charge >= 0.3 is 6.09 Å². The van der Waals surface area contributed by atoms with Crippen LogP contribution in [0.4, 0.5) is 4.79 Å². The topological polar surface area (TPSA) is 141 Å². The Morgan fingerprint density at radius 2 is 1.70 bits per heavy atom. The minimum Gasteiger partial charge on any atom is -0.465 e. The number of ether oxygens (including phenoxy) is 1. The lowest BCUT2D eigenvalue weighted by atomic mass is 9.73. The molecule has 2 aliphatic rings. The van der Waals surface area contributed by atoms with Crippen molar-refractivity contribution < 1.29 is 29.0 Å². The maximum absolute atomic E-state index is 13.9. The highest BCUT2D eigenvalue weighted by Gasteiger charge is 2.54. The van der Waals surface area contributed by atoms with Gasteiger partial charge in [0.2, 0.25) is 11.8 Å². The van der Waals surface area contributed by atoms with E-state index in [0.717, 1.165) is 16.8 Å². The zero-order valence-corrected chi connectivity index (χ0v) is 22.9. The smallest absolute Gasteiger partial charge is 0.405 e. The van der Waals surface area contributed by atoms with Crippen LogP contribution >= 0.6 is 0 Å². The van der Waals surface area contributed by atoms with E-state index in [-0.39, 0.29) is 25.7 Å². The Labute approximate surface area is 233 Å². The van der Waals surface area contributed by atoms with Crippen LogP contribution in [0.5, 0.6) is 0 Å². The van der Waals surface area contributed by atoms with Gasteiger partial charge in [-0.15, -0.1) is 0 Å². The highest BCUT2D eigenvalue weighted by molar-refractivity contribution is 6.13. The average molecular weight is 550 g/mol. The first-order valence-corrected chi connectivity index (χ1v) is 13.1. The molecule has 1 fully saturated rings. The number of hydrogen-bond acceptors (Lipinski definition) is 6. The molecule has 2 atom stereocenters. The van der Waals surface area contributed by atoms with Gasteiger partial charge < -0.3 is 25.4 Å². The molecule has 4 amide bonds. The van der Waals surface area contributed by atoms with Gasteiger partial charge in [-0.2, -0.15) is 5.10 Å². The summed E-state index contributed by atoms with van der Waals surface area (Å²) in [7, 11) is 1.62. The van der Waals surface area contributed by atoms with Crippen LogP contribution in [0.2, 0.25) is 0 Å². The van der Waals surface area contributed by atoms with Gasteiger partial charge in [-0.05, 0) is 31.4 Å². The minimum atomic E-state index is -1.50. The van der Waals surface area contributed by atoms with E-state index in [9.17, 15) is 19.2 Å². The Morgan fingerprint density at radius 1 is 1.07 bits per heavy atom. The van der Waals surface area contributed by atoms with Crippen molar-refractivity contribution in [1.82, 2.24) is 20.5 Å². The van der Waals surface area contributed by atoms with Crippen LogP contribution in [0.1, 0.15) is 31.4 Å². The molecule has 2 heterocycles. The van der Waals surface area contributed by atoms with Gasteiger partial charge in [-0.25, -0.2) is 9.80 Å². The second-order valence-electron chi connectivity index (χ2n) is 10.7. The van der Waals surface area contributed by atoms with E-state index in [4.69, 9.17) is 9.84 Å². The van der Waals surface area contributed by atoms with Crippen molar-refractivity contribution in [3.05, 3.63) is 71.8 Å². The van der Waals surface area contributed by atoms with Crippen molar-refractivity contribution >= 4 is 29.5 Å². The van der Waals surface area contributed by atoms with Crippen LogP contribution in [0, 0.1) is 5.41 Å². The molecule has 4 rings (SSSR count). The van der Waals surface area contributed by atoms with Crippen LogP contribution in [0.3, 0.4) is 0 Å². The summed E-state index contributed by atoms with van der Waals surface area (Å²) in [5.41, 5.74) is 0.0806. The summed E-state index contributed by atoms with van der Waals surface area (Å²) >= 11 is 0. The number of nitrogens with one attached hydrogen (secondary N) is 2. The first-order chi connectivity index (χ1) is 19.0. The second kappa shape index (κ2) is 11.9. The van der Waals surface area contributed by atoms with Crippen molar-refractivity contribution in [2.75, 3.05) is 26.7 Å². The lowest BCUT2D eigenvalue weighted by Gasteiger charge is -2.41. The van der Waals surface area contributed by atoms with Crippen molar-refractivity contribution in [3.63, 3.8) is 0 Å². The number of rotatable bonds is 10. The molecule has 0 aliphatic carbocycles. The maximum atomic E-state index is 13.9. The molecule has 11 nitrogen and oxygen atoms in total. The van der Waals surface area contributed by atoms with Crippen molar-refractivity contribution in [2.24, 2.45) is 10.5 Å². The fraction of sp³-hybridized carbons (Fsp3) is 0.414. The van der Waals surface area contributed by atoms with Crippen LogP contribution in [0.15, 0.2) is 65.8 Å². The predicted octanol–water partition coefficient (Wildman–Crippen LogP) is 2.02. The number of amides is 4. The van der Waals surface area contributed by atoms with Crippen molar-refractivity contribution in [2.45, 2.75) is 44.9 Å². The Balaban J connectivity index is 1.56. The van der Waals surface area contributed by atoms with Crippen LogP contribution in [0.25, 0.3) is 0 Å². The first-order valence-electron chi connectivity index (χ1n) is 13.1. The lowest BCUT2D eigenvalue weighted by Crippen LogP contribution is -2.62. The van der Waals surface area contributed by atoms with E-state index >= 15 is 0 Å². The number of carbonyl (C=O) groups is 4. The molecule has 0 bridgehead atoms. The molecule has 3 N–H and O–H groups in total. The number of piperidine rings is 1. The van der Waals surface area contributed by atoms with Crippen LogP contribution in [-0.4, -0.2) is 82.9 Å². The molecule has 0 saturated carbocycles. The number of hydrogen-bond donors (Lipinski definition) is 3. The zero-order valence-electron chi connectivity index (χ0n) is 22.9. The third-order valence-electron chi connectivity index (χ3n) is 7.25.